The van der Waals surface area contributed by atoms with Crippen LogP contribution in [0.15, 0.2) is 41.8 Å². The molecule has 0 unspecified atom stereocenters. The molecule has 0 aliphatic carbocycles. The van der Waals surface area contributed by atoms with Crippen molar-refractivity contribution in [2.75, 3.05) is 13.2 Å². The maximum Gasteiger partial charge on any atom is 0.226 e. The van der Waals surface area contributed by atoms with Gasteiger partial charge in [0, 0.05) is 11.4 Å². The first-order chi connectivity index (χ1) is 10.2. The van der Waals surface area contributed by atoms with Gasteiger partial charge in [0.1, 0.15) is 0 Å². The Kier molecular flexibility index (Phi) is 5.75. The highest BCUT2D eigenvalue weighted by Gasteiger charge is 2.13. The van der Waals surface area contributed by atoms with E-state index in [2.05, 4.69) is 0 Å². The minimum Gasteiger partial charge on any atom is -0.490 e. The molecule has 0 spiro atoms. The standard InChI is InChI=1S/C16H18FNO2S/c1-2-18(12-13-6-5-11-21-13)16(19)9-10-20-15-8-4-3-7-14(15)17/h3-8,11H,2,9-10,12H2,1H3. The molecule has 0 fully saturated rings. The van der Waals surface area contributed by atoms with E-state index in [1.807, 2.05) is 24.4 Å². The maximum atomic E-state index is 13.4. The number of hydrogen-bond acceptors (Lipinski definition) is 3. The third-order valence-corrected chi connectivity index (χ3v) is 3.93. The molecule has 112 valence electrons. The smallest absolute Gasteiger partial charge is 0.226 e. The Hall–Kier alpha value is -1.88. The average Bonchev–Trinajstić information content (AvgIpc) is 2.99. The van der Waals surface area contributed by atoms with E-state index in [-0.39, 0.29) is 24.7 Å². The molecule has 0 aliphatic rings. The summed E-state index contributed by atoms with van der Waals surface area (Å²) in [6.07, 6.45) is 0.244. The largest absolute Gasteiger partial charge is 0.490 e. The van der Waals surface area contributed by atoms with Gasteiger partial charge in [0.25, 0.3) is 0 Å². The zero-order valence-electron chi connectivity index (χ0n) is 11.9. The molecule has 0 bridgehead atoms. The van der Waals surface area contributed by atoms with Gasteiger partial charge in [0.05, 0.1) is 19.6 Å². The fraction of sp³-hybridized carbons (Fsp3) is 0.312. The second kappa shape index (κ2) is 7.78. The zero-order chi connectivity index (χ0) is 15.1. The lowest BCUT2D eigenvalue weighted by atomic mass is 10.3. The summed E-state index contributed by atoms with van der Waals surface area (Å²) in [6.45, 7) is 3.40. The van der Waals surface area contributed by atoms with Crippen LogP contribution in [0.4, 0.5) is 4.39 Å². The van der Waals surface area contributed by atoms with E-state index in [0.29, 0.717) is 13.1 Å². The van der Waals surface area contributed by atoms with Crippen LogP contribution in [0.5, 0.6) is 5.75 Å². The lowest BCUT2D eigenvalue weighted by molar-refractivity contribution is -0.132. The first-order valence-corrected chi connectivity index (χ1v) is 7.76. The normalized spacial score (nSPS) is 10.4. The van der Waals surface area contributed by atoms with Gasteiger partial charge >= 0.3 is 0 Å². The Labute approximate surface area is 128 Å². The van der Waals surface area contributed by atoms with E-state index < -0.39 is 5.82 Å². The van der Waals surface area contributed by atoms with E-state index in [4.69, 9.17) is 4.74 Å². The van der Waals surface area contributed by atoms with Gasteiger partial charge in [-0.3, -0.25) is 4.79 Å². The first kappa shape index (κ1) is 15.5. The van der Waals surface area contributed by atoms with Crippen molar-refractivity contribution >= 4 is 17.2 Å². The van der Waals surface area contributed by atoms with Crippen molar-refractivity contribution in [3.8, 4) is 5.75 Å². The molecule has 0 saturated carbocycles. The van der Waals surface area contributed by atoms with Crippen LogP contribution < -0.4 is 4.74 Å². The predicted octanol–water partition coefficient (Wildman–Crippen LogP) is 3.70. The van der Waals surface area contributed by atoms with E-state index in [9.17, 15) is 9.18 Å². The molecule has 3 nitrogen and oxygen atoms in total. The summed E-state index contributed by atoms with van der Waals surface area (Å²) in [5.74, 6) is -0.204. The fourth-order valence-corrected chi connectivity index (χ4v) is 2.65. The van der Waals surface area contributed by atoms with E-state index >= 15 is 0 Å². The SMILES string of the molecule is CCN(Cc1cccs1)C(=O)CCOc1ccccc1F. The summed E-state index contributed by atoms with van der Waals surface area (Å²) < 4.78 is 18.7. The molecule has 0 aliphatic heterocycles. The van der Waals surface area contributed by atoms with Crippen molar-refractivity contribution in [3.05, 3.63) is 52.5 Å². The predicted molar refractivity (Wildman–Crippen MR) is 81.9 cm³/mol. The summed E-state index contributed by atoms with van der Waals surface area (Å²) in [4.78, 5) is 15.1. The van der Waals surface area contributed by atoms with Crippen LogP contribution in [0, 0.1) is 5.82 Å². The number of halogens is 1. The number of carbonyl (C=O) groups is 1. The van der Waals surface area contributed by atoms with Crippen molar-refractivity contribution in [1.82, 2.24) is 4.90 Å². The lowest BCUT2D eigenvalue weighted by Gasteiger charge is -2.20. The quantitative estimate of drug-likeness (QED) is 0.780. The Balaban J connectivity index is 1.81. The summed E-state index contributed by atoms with van der Waals surface area (Å²) in [6, 6.07) is 10.2. The Morgan fingerprint density at radius 1 is 1.29 bits per heavy atom. The van der Waals surface area contributed by atoms with Crippen LogP contribution >= 0.6 is 11.3 Å². The van der Waals surface area contributed by atoms with Crippen molar-refractivity contribution in [2.24, 2.45) is 0 Å². The fourth-order valence-electron chi connectivity index (χ4n) is 1.94. The van der Waals surface area contributed by atoms with Crippen molar-refractivity contribution in [1.29, 1.82) is 0 Å². The molecule has 0 saturated heterocycles. The number of rotatable bonds is 7. The Bertz CT molecular complexity index is 571. The van der Waals surface area contributed by atoms with Crippen LogP contribution in [0.25, 0.3) is 0 Å². The highest BCUT2D eigenvalue weighted by Crippen LogP contribution is 2.16. The Morgan fingerprint density at radius 3 is 2.76 bits per heavy atom. The molecule has 21 heavy (non-hydrogen) atoms. The van der Waals surface area contributed by atoms with Gasteiger partial charge in [-0.15, -0.1) is 11.3 Å². The molecule has 1 aromatic carbocycles. The molecule has 1 amide bonds. The van der Waals surface area contributed by atoms with Crippen LogP contribution in [0.3, 0.4) is 0 Å². The maximum absolute atomic E-state index is 13.4. The van der Waals surface area contributed by atoms with Crippen molar-refractivity contribution in [3.63, 3.8) is 0 Å². The molecular formula is C16H18FNO2S. The minimum absolute atomic E-state index is 0.0160. The number of ether oxygens (including phenoxy) is 1. The van der Waals surface area contributed by atoms with E-state index in [1.54, 1.807) is 34.4 Å². The van der Waals surface area contributed by atoms with Crippen LogP contribution in [-0.4, -0.2) is 24.0 Å². The number of para-hydroxylation sites is 1. The number of nitrogens with zero attached hydrogens (tertiary/aromatic N) is 1. The highest BCUT2D eigenvalue weighted by molar-refractivity contribution is 7.09. The zero-order valence-corrected chi connectivity index (χ0v) is 12.7. The third kappa shape index (κ3) is 4.56. The topological polar surface area (TPSA) is 29.5 Å². The van der Waals surface area contributed by atoms with E-state index in [0.717, 1.165) is 4.88 Å². The molecule has 1 aromatic heterocycles. The Morgan fingerprint density at radius 2 is 2.10 bits per heavy atom. The van der Waals surface area contributed by atoms with Gasteiger partial charge < -0.3 is 9.64 Å². The van der Waals surface area contributed by atoms with Gasteiger partial charge in [0.2, 0.25) is 5.91 Å². The second-order valence-corrected chi connectivity index (χ2v) is 5.55. The van der Waals surface area contributed by atoms with Crippen molar-refractivity contribution in [2.45, 2.75) is 19.9 Å². The summed E-state index contributed by atoms with van der Waals surface area (Å²) in [5.41, 5.74) is 0. The van der Waals surface area contributed by atoms with Crippen molar-refractivity contribution < 1.29 is 13.9 Å². The van der Waals surface area contributed by atoms with Gasteiger partial charge in [-0.1, -0.05) is 18.2 Å². The molecule has 0 atom stereocenters. The molecule has 0 N–H and O–H groups in total. The number of amides is 1. The number of thiophene rings is 1. The third-order valence-electron chi connectivity index (χ3n) is 3.07. The number of carbonyl (C=O) groups excluding carboxylic acids is 1. The van der Waals surface area contributed by atoms with E-state index in [1.165, 1.54) is 6.07 Å². The molecule has 2 aromatic rings. The van der Waals surface area contributed by atoms with Crippen LogP contribution in [-0.2, 0) is 11.3 Å². The molecule has 2 rings (SSSR count). The summed E-state index contributed by atoms with van der Waals surface area (Å²) >= 11 is 1.63. The highest BCUT2D eigenvalue weighted by atomic mass is 32.1. The second-order valence-electron chi connectivity index (χ2n) is 4.52. The number of benzene rings is 1. The monoisotopic (exact) mass is 307 g/mol. The molecular weight excluding hydrogens is 289 g/mol. The molecule has 1 heterocycles. The molecule has 5 heteroatoms. The van der Waals surface area contributed by atoms with Gasteiger partial charge in [-0.05, 0) is 30.5 Å². The summed E-state index contributed by atoms with van der Waals surface area (Å²) in [5, 5.41) is 1.99. The first-order valence-electron chi connectivity index (χ1n) is 6.88. The van der Waals surface area contributed by atoms with Crippen LogP contribution in [0.1, 0.15) is 18.2 Å². The molecule has 0 radical (unpaired) electrons. The summed E-state index contributed by atoms with van der Waals surface area (Å²) in [7, 11) is 0. The van der Waals surface area contributed by atoms with Gasteiger partial charge in [-0.2, -0.15) is 0 Å². The lowest BCUT2D eigenvalue weighted by Crippen LogP contribution is -2.31. The number of hydrogen-bond donors (Lipinski definition) is 0. The minimum atomic E-state index is -0.407. The average molecular weight is 307 g/mol. The van der Waals surface area contributed by atoms with Crippen LogP contribution in [0.2, 0.25) is 0 Å². The van der Waals surface area contributed by atoms with Gasteiger partial charge in [0.15, 0.2) is 11.6 Å². The van der Waals surface area contributed by atoms with Gasteiger partial charge in [-0.25, -0.2) is 4.39 Å².